The van der Waals surface area contributed by atoms with Gasteiger partial charge in [0.05, 0.1) is 17.2 Å². The van der Waals surface area contributed by atoms with Crippen molar-refractivity contribution in [3.63, 3.8) is 0 Å². The summed E-state index contributed by atoms with van der Waals surface area (Å²) in [6, 6.07) is 23.3. The first kappa shape index (κ1) is 23.8. The lowest BCUT2D eigenvalue weighted by atomic mass is 9.97. The van der Waals surface area contributed by atoms with Gasteiger partial charge in [0.25, 0.3) is 5.56 Å². The van der Waals surface area contributed by atoms with Crippen LogP contribution in [0.5, 0.6) is 0 Å². The fourth-order valence-corrected chi connectivity index (χ4v) is 4.77. The van der Waals surface area contributed by atoms with Crippen LogP contribution in [0.4, 0.5) is 13.2 Å². The van der Waals surface area contributed by atoms with Gasteiger partial charge in [-0.3, -0.25) is 9.69 Å². The van der Waals surface area contributed by atoms with E-state index in [1.807, 2.05) is 65.6 Å². The Morgan fingerprint density at radius 3 is 1.97 bits per heavy atom. The Balaban J connectivity index is 1.50. The molecule has 184 valence electrons. The summed E-state index contributed by atoms with van der Waals surface area (Å²) in [6.45, 7) is 1.27. The van der Waals surface area contributed by atoms with Crippen molar-refractivity contribution in [2.45, 2.75) is 31.7 Å². The zero-order valence-corrected chi connectivity index (χ0v) is 19.3. The number of aromatic nitrogens is 2. The van der Waals surface area contributed by atoms with E-state index in [2.05, 4.69) is 4.98 Å². The summed E-state index contributed by atoms with van der Waals surface area (Å²) in [4.78, 5) is 31.9. The number of H-pyrrole nitrogens is 1. The molecule has 5 nitrogen and oxygen atoms in total. The first-order chi connectivity index (χ1) is 17.3. The normalized spacial score (nSPS) is 14.1. The zero-order chi connectivity index (χ0) is 25.3. The molecule has 1 N–H and O–H groups in total. The minimum absolute atomic E-state index is 0.294. The topological polar surface area (TPSA) is 58.1 Å². The molecule has 36 heavy (non-hydrogen) atoms. The Morgan fingerprint density at radius 1 is 0.833 bits per heavy atom. The molecule has 1 aromatic heterocycles. The van der Waals surface area contributed by atoms with Gasteiger partial charge in [0.2, 0.25) is 0 Å². The smallest absolute Gasteiger partial charge is 0.311 e. The van der Waals surface area contributed by atoms with Crippen molar-refractivity contribution >= 4 is 0 Å². The van der Waals surface area contributed by atoms with Gasteiger partial charge in [-0.2, -0.15) is 13.2 Å². The average Bonchev–Trinajstić information content (AvgIpc) is 2.88. The van der Waals surface area contributed by atoms with Crippen molar-refractivity contribution in [1.29, 1.82) is 0 Å². The summed E-state index contributed by atoms with van der Waals surface area (Å²) in [5.74, 6) is 0. The molecule has 0 fully saturated rings. The molecule has 0 radical (unpaired) electrons. The van der Waals surface area contributed by atoms with Gasteiger partial charge in [0, 0.05) is 31.7 Å². The molecular formula is C28H24F3N3O2. The molecule has 1 aliphatic rings. The quantitative estimate of drug-likeness (QED) is 0.438. The predicted molar refractivity (Wildman–Crippen MR) is 131 cm³/mol. The third kappa shape index (κ3) is 4.77. The maximum atomic E-state index is 13.8. The molecule has 1 aliphatic heterocycles. The SMILES string of the molecule is O=c1[nH]c2c(c(=O)n1C(c1ccccc1)c1ccccc1)CN(Cc1ccc(C(F)(F)F)cc1)CC2. The van der Waals surface area contributed by atoms with E-state index in [4.69, 9.17) is 0 Å². The molecule has 4 aromatic rings. The minimum Gasteiger partial charge on any atom is -0.311 e. The fourth-order valence-electron chi connectivity index (χ4n) is 4.77. The van der Waals surface area contributed by atoms with Crippen molar-refractivity contribution in [2.75, 3.05) is 6.54 Å². The van der Waals surface area contributed by atoms with Crippen molar-refractivity contribution in [3.8, 4) is 0 Å². The zero-order valence-electron chi connectivity index (χ0n) is 19.3. The molecule has 2 heterocycles. The molecule has 8 heteroatoms. The Morgan fingerprint density at radius 2 is 1.42 bits per heavy atom. The van der Waals surface area contributed by atoms with Gasteiger partial charge in [-0.05, 0) is 28.8 Å². The van der Waals surface area contributed by atoms with Gasteiger partial charge in [-0.1, -0.05) is 72.8 Å². The van der Waals surface area contributed by atoms with Crippen LogP contribution in [-0.2, 0) is 25.7 Å². The molecular weight excluding hydrogens is 467 g/mol. The van der Waals surface area contributed by atoms with E-state index in [1.165, 1.54) is 16.7 Å². The summed E-state index contributed by atoms with van der Waals surface area (Å²) in [5.41, 5.74) is 1.96. The van der Waals surface area contributed by atoms with E-state index in [-0.39, 0.29) is 5.56 Å². The van der Waals surface area contributed by atoms with E-state index in [0.29, 0.717) is 37.3 Å². The van der Waals surface area contributed by atoms with Crippen molar-refractivity contribution in [1.82, 2.24) is 14.5 Å². The van der Waals surface area contributed by atoms with Crippen molar-refractivity contribution in [3.05, 3.63) is 139 Å². The minimum atomic E-state index is -4.38. The highest BCUT2D eigenvalue weighted by atomic mass is 19.4. The summed E-state index contributed by atoms with van der Waals surface area (Å²) in [7, 11) is 0. The van der Waals surface area contributed by atoms with E-state index in [1.54, 1.807) is 0 Å². The van der Waals surface area contributed by atoms with Gasteiger partial charge >= 0.3 is 11.9 Å². The van der Waals surface area contributed by atoms with Crippen molar-refractivity contribution in [2.24, 2.45) is 0 Å². The van der Waals surface area contributed by atoms with Crippen molar-refractivity contribution < 1.29 is 13.2 Å². The second kappa shape index (κ2) is 9.62. The lowest BCUT2D eigenvalue weighted by Crippen LogP contribution is -2.45. The van der Waals surface area contributed by atoms with E-state index >= 15 is 0 Å². The lowest BCUT2D eigenvalue weighted by Gasteiger charge is -2.29. The first-order valence-corrected chi connectivity index (χ1v) is 11.7. The highest BCUT2D eigenvalue weighted by Crippen LogP contribution is 2.29. The fraction of sp³-hybridized carbons (Fsp3) is 0.214. The highest BCUT2D eigenvalue weighted by molar-refractivity contribution is 5.34. The Bertz CT molecular complexity index is 1420. The number of fused-ring (bicyclic) bond motifs is 1. The second-order valence-electron chi connectivity index (χ2n) is 8.94. The van der Waals surface area contributed by atoms with Crippen LogP contribution >= 0.6 is 0 Å². The molecule has 0 saturated carbocycles. The predicted octanol–water partition coefficient (Wildman–Crippen LogP) is 4.75. The molecule has 0 atom stereocenters. The largest absolute Gasteiger partial charge is 0.416 e. The third-order valence-electron chi connectivity index (χ3n) is 6.55. The van der Waals surface area contributed by atoms with Crippen LogP contribution in [0.2, 0.25) is 0 Å². The van der Waals surface area contributed by atoms with Crippen LogP contribution in [0.25, 0.3) is 0 Å². The van der Waals surface area contributed by atoms with Gasteiger partial charge in [-0.15, -0.1) is 0 Å². The number of benzene rings is 3. The Kier molecular flexibility index (Phi) is 6.36. The lowest BCUT2D eigenvalue weighted by molar-refractivity contribution is -0.137. The number of nitrogens with one attached hydrogen (secondary N) is 1. The Labute approximate surface area is 205 Å². The van der Waals surface area contributed by atoms with E-state index in [9.17, 15) is 22.8 Å². The van der Waals surface area contributed by atoms with Gasteiger partial charge < -0.3 is 4.98 Å². The van der Waals surface area contributed by atoms with Crippen LogP contribution in [-0.4, -0.2) is 21.0 Å². The molecule has 0 spiro atoms. The van der Waals surface area contributed by atoms with Gasteiger partial charge in [0.15, 0.2) is 0 Å². The van der Waals surface area contributed by atoms with Crippen LogP contribution in [0.1, 0.15) is 39.6 Å². The summed E-state index contributed by atoms with van der Waals surface area (Å²) in [6.07, 6.45) is -3.91. The number of aromatic amines is 1. The summed E-state index contributed by atoms with van der Waals surface area (Å²) in [5, 5.41) is 0. The molecule has 0 bridgehead atoms. The molecule has 3 aromatic carbocycles. The van der Waals surface area contributed by atoms with Crippen LogP contribution in [0.3, 0.4) is 0 Å². The number of hydrogen-bond acceptors (Lipinski definition) is 3. The maximum absolute atomic E-state index is 13.8. The molecule has 0 unspecified atom stereocenters. The number of halogens is 3. The molecule has 0 amide bonds. The standard InChI is InChI=1S/C28H24F3N3O2/c29-28(30,31)22-13-11-19(12-14-22)17-33-16-15-24-23(18-33)26(35)34(27(36)32-24)25(20-7-3-1-4-8-20)21-9-5-2-6-10-21/h1-14,25H,15-18H2,(H,32,36). The Hall–Kier alpha value is -3.91. The second-order valence-corrected chi connectivity index (χ2v) is 8.94. The molecule has 5 rings (SSSR count). The molecule has 0 aliphatic carbocycles. The molecule has 0 saturated heterocycles. The maximum Gasteiger partial charge on any atom is 0.416 e. The number of alkyl halides is 3. The number of rotatable bonds is 5. The average molecular weight is 492 g/mol. The van der Waals surface area contributed by atoms with Gasteiger partial charge in [0.1, 0.15) is 0 Å². The number of hydrogen-bond donors (Lipinski definition) is 1. The summed E-state index contributed by atoms with van der Waals surface area (Å²) < 4.78 is 39.9. The van der Waals surface area contributed by atoms with E-state index in [0.717, 1.165) is 28.8 Å². The van der Waals surface area contributed by atoms with Crippen LogP contribution < -0.4 is 11.2 Å². The monoisotopic (exact) mass is 491 g/mol. The summed E-state index contributed by atoms with van der Waals surface area (Å²) >= 11 is 0. The highest BCUT2D eigenvalue weighted by Gasteiger charge is 2.30. The number of nitrogens with zero attached hydrogens (tertiary/aromatic N) is 2. The van der Waals surface area contributed by atoms with Crippen LogP contribution in [0, 0.1) is 0 Å². The van der Waals surface area contributed by atoms with Crippen LogP contribution in [0.15, 0.2) is 94.5 Å². The third-order valence-corrected chi connectivity index (χ3v) is 6.55. The van der Waals surface area contributed by atoms with Gasteiger partial charge in [-0.25, -0.2) is 9.36 Å². The first-order valence-electron chi connectivity index (χ1n) is 11.7. The van der Waals surface area contributed by atoms with E-state index < -0.39 is 23.5 Å².